The van der Waals surface area contributed by atoms with E-state index in [0.29, 0.717) is 0 Å². The predicted octanol–water partition coefficient (Wildman–Crippen LogP) is 2.08. The lowest BCUT2D eigenvalue weighted by atomic mass is 10.0. The van der Waals surface area contributed by atoms with E-state index in [0.717, 1.165) is 15.1 Å². The van der Waals surface area contributed by atoms with Crippen molar-refractivity contribution < 1.29 is 23.1 Å². The van der Waals surface area contributed by atoms with Crippen LogP contribution in [0.15, 0.2) is 47.4 Å². The second-order valence-corrected chi connectivity index (χ2v) is 8.90. The Bertz CT molecular complexity index is 940. The zero-order valence-corrected chi connectivity index (χ0v) is 16.4. The molecule has 0 aromatic heterocycles. The topological polar surface area (TPSA) is 104 Å². The maximum atomic E-state index is 12.7. The van der Waals surface area contributed by atoms with Crippen LogP contribution in [0.25, 0.3) is 10.8 Å². The summed E-state index contributed by atoms with van der Waals surface area (Å²) in [6, 6.07) is 11.1. The lowest BCUT2D eigenvalue weighted by molar-refractivity contribution is -0.142. The molecule has 0 heterocycles. The first-order valence-electron chi connectivity index (χ1n) is 8.58. The number of carboxylic acids is 1. The van der Waals surface area contributed by atoms with Gasteiger partial charge >= 0.3 is 5.97 Å². The first kappa shape index (κ1) is 20.9. The van der Waals surface area contributed by atoms with Gasteiger partial charge in [-0.2, -0.15) is 4.31 Å². The number of likely N-dealkylation sites (N-methyl/N-ethyl adjacent to an activating group) is 1. The summed E-state index contributed by atoms with van der Waals surface area (Å²) in [4.78, 5) is 23.5. The standard InChI is InChI=1S/C19H24N2O5S/c1-13(2)10-17(19(23)24)20-18(22)12-21(3)27(25,26)16-9-8-14-6-4-5-7-15(14)11-16/h4-9,11,13,17H,10,12H2,1-3H3,(H,20,22)(H,23,24). The van der Waals surface area contributed by atoms with Crippen LogP contribution in [0.1, 0.15) is 20.3 Å². The molecule has 0 bridgehead atoms. The van der Waals surface area contributed by atoms with Crippen LogP contribution >= 0.6 is 0 Å². The van der Waals surface area contributed by atoms with Gasteiger partial charge in [0, 0.05) is 7.05 Å². The number of nitrogens with one attached hydrogen (secondary N) is 1. The van der Waals surface area contributed by atoms with Crippen molar-refractivity contribution in [3.63, 3.8) is 0 Å². The molecular weight excluding hydrogens is 368 g/mol. The number of nitrogens with zero attached hydrogens (tertiary/aromatic N) is 1. The number of carboxylic acid groups (broad SMARTS) is 1. The van der Waals surface area contributed by atoms with Crippen molar-refractivity contribution in [2.24, 2.45) is 5.92 Å². The van der Waals surface area contributed by atoms with Crippen LogP contribution in [0.3, 0.4) is 0 Å². The number of carbonyl (C=O) groups excluding carboxylic acids is 1. The van der Waals surface area contributed by atoms with E-state index in [1.54, 1.807) is 12.1 Å². The Morgan fingerprint density at radius 2 is 1.74 bits per heavy atom. The number of rotatable bonds is 8. The largest absolute Gasteiger partial charge is 0.480 e. The molecule has 0 spiro atoms. The van der Waals surface area contributed by atoms with E-state index in [4.69, 9.17) is 0 Å². The summed E-state index contributed by atoms with van der Waals surface area (Å²) in [6.07, 6.45) is 0.266. The van der Waals surface area contributed by atoms with Crippen molar-refractivity contribution >= 4 is 32.7 Å². The molecular formula is C19H24N2O5S. The number of hydrogen-bond acceptors (Lipinski definition) is 4. The fourth-order valence-corrected chi connectivity index (χ4v) is 3.89. The fourth-order valence-electron chi connectivity index (χ4n) is 2.73. The quantitative estimate of drug-likeness (QED) is 0.716. The molecule has 1 amide bonds. The van der Waals surface area contributed by atoms with Crippen LogP contribution in [-0.2, 0) is 19.6 Å². The van der Waals surface area contributed by atoms with E-state index >= 15 is 0 Å². The number of fused-ring (bicyclic) bond motifs is 1. The minimum absolute atomic E-state index is 0.0745. The van der Waals surface area contributed by atoms with Gasteiger partial charge in [0.1, 0.15) is 6.04 Å². The molecule has 8 heteroatoms. The number of aliphatic carboxylic acids is 1. The second-order valence-electron chi connectivity index (χ2n) is 6.86. The molecule has 2 rings (SSSR count). The van der Waals surface area contributed by atoms with E-state index in [9.17, 15) is 23.1 Å². The van der Waals surface area contributed by atoms with Crippen LogP contribution in [0.5, 0.6) is 0 Å². The van der Waals surface area contributed by atoms with Crippen LogP contribution < -0.4 is 5.32 Å². The van der Waals surface area contributed by atoms with E-state index in [1.807, 2.05) is 38.1 Å². The normalized spacial score (nSPS) is 13.1. The number of sulfonamides is 1. The first-order valence-corrected chi connectivity index (χ1v) is 10.0. The van der Waals surface area contributed by atoms with Crippen molar-refractivity contribution in [1.82, 2.24) is 9.62 Å². The Balaban J connectivity index is 2.13. The third kappa shape index (κ3) is 5.27. The van der Waals surface area contributed by atoms with Crippen molar-refractivity contribution in [3.8, 4) is 0 Å². The van der Waals surface area contributed by atoms with Gasteiger partial charge < -0.3 is 10.4 Å². The Kier molecular flexibility index (Phi) is 6.56. The summed E-state index contributed by atoms with van der Waals surface area (Å²) in [5.74, 6) is -1.72. The van der Waals surface area contributed by atoms with E-state index in [2.05, 4.69) is 5.32 Å². The highest BCUT2D eigenvalue weighted by molar-refractivity contribution is 7.89. The van der Waals surface area contributed by atoms with Crippen molar-refractivity contribution in [3.05, 3.63) is 42.5 Å². The van der Waals surface area contributed by atoms with Gasteiger partial charge in [0.05, 0.1) is 11.4 Å². The van der Waals surface area contributed by atoms with E-state index in [1.165, 1.54) is 13.1 Å². The molecule has 0 aliphatic carbocycles. The molecule has 0 aliphatic rings. The summed E-state index contributed by atoms with van der Waals surface area (Å²) in [5, 5.41) is 13.3. The summed E-state index contributed by atoms with van der Waals surface area (Å²) >= 11 is 0. The Morgan fingerprint density at radius 1 is 1.11 bits per heavy atom. The Hall–Kier alpha value is -2.45. The highest BCUT2D eigenvalue weighted by atomic mass is 32.2. The van der Waals surface area contributed by atoms with Crippen molar-refractivity contribution in [1.29, 1.82) is 0 Å². The molecule has 1 atom stereocenters. The van der Waals surface area contributed by atoms with E-state index in [-0.39, 0.29) is 17.2 Å². The molecule has 27 heavy (non-hydrogen) atoms. The minimum atomic E-state index is -3.88. The highest BCUT2D eigenvalue weighted by Gasteiger charge is 2.26. The molecule has 1 unspecified atom stereocenters. The van der Waals surface area contributed by atoms with Gasteiger partial charge in [-0.05, 0) is 35.2 Å². The number of carbonyl (C=O) groups is 2. The lowest BCUT2D eigenvalue weighted by Gasteiger charge is -2.20. The monoisotopic (exact) mass is 392 g/mol. The van der Waals surface area contributed by atoms with Crippen molar-refractivity contribution in [2.75, 3.05) is 13.6 Å². The maximum Gasteiger partial charge on any atom is 0.326 e. The van der Waals surface area contributed by atoms with Gasteiger partial charge in [-0.1, -0.05) is 44.2 Å². The van der Waals surface area contributed by atoms with Crippen molar-refractivity contribution in [2.45, 2.75) is 31.2 Å². The van der Waals surface area contributed by atoms with Gasteiger partial charge in [0.25, 0.3) is 0 Å². The molecule has 0 saturated carbocycles. The van der Waals surface area contributed by atoms with Gasteiger partial charge in [0.15, 0.2) is 0 Å². The average molecular weight is 392 g/mol. The van der Waals surface area contributed by atoms with Gasteiger partial charge in [0.2, 0.25) is 15.9 Å². The van der Waals surface area contributed by atoms with Gasteiger partial charge in [-0.15, -0.1) is 0 Å². The zero-order valence-electron chi connectivity index (χ0n) is 15.5. The zero-order chi connectivity index (χ0) is 20.2. The molecule has 2 aromatic carbocycles. The fraction of sp³-hybridized carbons (Fsp3) is 0.368. The highest BCUT2D eigenvalue weighted by Crippen LogP contribution is 2.21. The first-order chi connectivity index (χ1) is 12.6. The van der Waals surface area contributed by atoms with Gasteiger partial charge in [-0.3, -0.25) is 4.79 Å². The maximum absolute atomic E-state index is 12.7. The molecule has 7 nitrogen and oxygen atoms in total. The number of benzene rings is 2. The molecule has 0 aliphatic heterocycles. The summed E-state index contributed by atoms with van der Waals surface area (Å²) in [5.41, 5.74) is 0. The van der Waals surface area contributed by atoms with Crippen LogP contribution in [0, 0.1) is 5.92 Å². The number of hydrogen-bond donors (Lipinski definition) is 2. The lowest BCUT2D eigenvalue weighted by Crippen LogP contribution is -2.46. The third-order valence-electron chi connectivity index (χ3n) is 4.14. The van der Waals surface area contributed by atoms with Crippen LogP contribution in [0.4, 0.5) is 0 Å². The molecule has 0 saturated heterocycles. The summed E-state index contributed by atoms with van der Waals surface area (Å²) in [7, 11) is -2.59. The second kappa shape index (κ2) is 8.49. The predicted molar refractivity (Wildman–Crippen MR) is 103 cm³/mol. The van der Waals surface area contributed by atoms with Crippen LogP contribution in [-0.4, -0.2) is 49.3 Å². The molecule has 0 fully saturated rings. The van der Waals surface area contributed by atoms with Crippen LogP contribution in [0.2, 0.25) is 0 Å². The van der Waals surface area contributed by atoms with Gasteiger partial charge in [-0.25, -0.2) is 13.2 Å². The summed E-state index contributed by atoms with van der Waals surface area (Å²) in [6.45, 7) is 3.23. The molecule has 2 aromatic rings. The molecule has 2 N–H and O–H groups in total. The Morgan fingerprint density at radius 3 is 2.33 bits per heavy atom. The minimum Gasteiger partial charge on any atom is -0.480 e. The third-order valence-corrected chi connectivity index (χ3v) is 5.94. The summed E-state index contributed by atoms with van der Waals surface area (Å²) < 4.78 is 26.4. The SMILES string of the molecule is CC(C)CC(NC(=O)CN(C)S(=O)(=O)c1ccc2ccccc2c1)C(=O)O. The smallest absolute Gasteiger partial charge is 0.326 e. The molecule has 146 valence electrons. The molecule has 0 radical (unpaired) electrons. The van der Waals surface area contributed by atoms with E-state index < -0.39 is 34.5 Å². The average Bonchev–Trinajstić information content (AvgIpc) is 2.60. The Labute approximate surface area is 159 Å². The number of amides is 1.